The monoisotopic (exact) mass is 474 g/mol. The number of aryl methyl sites for hydroxylation is 1. The van der Waals surface area contributed by atoms with Crippen molar-refractivity contribution in [2.45, 2.75) is 31.3 Å². The second-order valence-corrected chi connectivity index (χ2v) is 9.08. The van der Waals surface area contributed by atoms with E-state index in [0.717, 1.165) is 34.9 Å². The van der Waals surface area contributed by atoms with Gasteiger partial charge >= 0.3 is 0 Å². The van der Waals surface area contributed by atoms with Crippen LogP contribution in [0.25, 0.3) is 17.0 Å². The summed E-state index contributed by atoms with van der Waals surface area (Å²) in [6.45, 7) is 2.37. The zero-order valence-electron chi connectivity index (χ0n) is 19.5. The van der Waals surface area contributed by atoms with E-state index in [0.29, 0.717) is 32.7 Å². The normalized spacial score (nSPS) is 18.7. The molecular formula is C27H30N4O4. The first-order chi connectivity index (χ1) is 17.1. The maximum absolute atomic E-state index is 13.6. The van der Waals surface area contributed by atoms with E-state index in [1.54, 1.807) is 11.6 Å². The van der Waals surface area contributed by atoms with E-state index < -0.39 is 5.91 Å². The Hall–Kier alpha value is -3.46. The van der Waals surface area contributed by atoms with Crippen molar-refractivity contribution in [2.75, 3.05) is 26.3 Å². The molecule has 1 aliphatic carbocycles. The molecule has 35 heavy (non-hydrogen) atoms. The molecule has 2 atom stereocenters. The third kappa shape index (κ3) is 5.14. The molecule has 0 bridgehead atoms. The largest absolute Gasteiger partial charge is 0.378 e. The Bertz CT molecular complexity index is 1240. The molecule has 5 rings (SSSR count). The number of para-hydroxylation sites is 1. The van der Waals surface area contributed by atoms with Crippen LogP contribution >= 0.6 is 0 Å². The van der Waals surface area contributed by atoms with Crippen LogP contribution in [0.4, 0.5) is 0 Å². The minimum Gasteiger partial charge on any atom is -0.378 e. The Morgan fingerprint density at radius 1 is 1.20 bits per heavy atom. The summed E-state index contributed by atoms with van der Waals surface area (Å²) in [7, 11) is 0. The molecule has 0 radical (unpaired) electrons. The molecule has 0 saturated carbocycles. The lowest BCUT2D eigenvalue weighted by atomic mass is 10.0. The van der Waals surface area contributed by atoms with Crippen LogP contribution in [0.2, 0.25) is 0 Å². The van der Waals surface area contributed by atoms with Crippen molar-refractivity contribution in [3.63, 3.8) is 0 Å². The van der Waals surface area contributed by atoms with Crippen LogP contribution in [0.1, 0.15) is 34.7 Å². The van der Waals surface area contributed by atoms with Crippen LogP contribution < -0.4 is 10.8 Å². The highest BCUT2D eigenvalue weighted by molar-refractivity contribution is 5.91. The number of carbonyl (C=O) groups excluding carboxylic acids is 2. The van der Waals surface area contributed by atoms with Gasteiger partial charge in [-0.3, -0.25) is 20.1 Å². The Morgan fingerprint density at radius 3 is 2.86 bits per heavy atom. The molecule has 1 fully saturated rings. The predicted molar refractivity (Wildman–Crippen MR) is 133 cm³/mol. The van der Waals surface area contributed by atoms with Gasteiger partial charge in [0.15, 0.2) is 0 Å². The fraction of sp³-hybridized carbons (Fsp3) is 0.333. The predicted octanol–water partition coefficient (Wildman–Crippen LogP) is 2.73. The summed E-state index contributed by atoms with van der Waals surface area (Å²) in [6.07, 6.45) is 7.38. The number of ether oxygens (including phenoxy) is 1. The minimum atomic E-state index is -0.563. The first kappa shape index (κ1) is 23.3. The van der Waals surface area contributed by atoms with Crippen molar-refractivity contribution in [1.29, 1.82) is 0 Å². The van der Waals surface area contributed by atoms with E-state index in [-0.39, 0.29) is 18.0 Å². The maximum Gasteiger partial charge on any atom is 0.267 e. The molecule has 1 aromatic heterocycles. The Morgan fingerprint density at radius 2 is 2.03 bits per heavy atom. The first-order valence-electron chi connectivity index (χ1n) is 12.0. The van der Waals surface area contributed by atoms with Crippen molar-refractivity contribution in [3.8, 4) is 0 Å². The van der Waals surface area contributed by atoms with E-state index in [1.807, 2.05) is 29.3 Å². The number of nitrogens with one attached hydrogen (secondary N) is 3. The summed E-state index contributed by atoms with van der Waals surface area (Å²) in [4.78, 5) is 30.2. The molecule has 4 N–H and O–H groups in total. The van der Waals surface area contributed by atoms with E-state index in [9.17, 15) is 9.59 Å². The molecule has 2 amide bonds. The topological polar surface area (TPSA) is 107 Å². The van der Waals surface area contributed by atoms with Gasteiger partial charge in [0.05, 0.1) is 19.3 Å². The molecule has 2 aromatic carbocycles. The van der Waals surface area contributed by atoms with Gasteiger partial charge in [0, 0.05) is 42.3 Å². The molecule has 0 spiro atoms. The third-order valence-electron chi connectivity index (χ3n) is 6.90. The lowest BCUT2D eigenvalue weighted by Crippen LogP contribution is -2.51. The van der Waals surface area contributed by atoms with Gasteiger partial charge in [-0.25, -0.2) is 5.48 Å². The summed E-state index contributed by atoms with van der Waals surface area (Å²) >= 11 is 0. The fourth-order valence-electron chi connectivity index (χ4n) is 5.11. The zero-order chi connectivity index (χ0) is 24.2. The number of rotatable bonds is 7. The molecule has 3 aromatic rings. The molecular weight excluding hydrogens is 444 g/mol. The Labute approximate surface area is 203 Å². The number of nitrogens with zero attached hydrogens (tertiary/aromatic N) is 1. The molecule has 1 aliphatic heterocycles. The number of hydroxylamine groups is 1. The highest BCUT2D eigenvalue weighted by Crippen LogP contribution is 2.33. The maximum atomic E-state index is 13.6. The van der Waals surface area contributed by atoms with Gasteiger partial charge in [-0.1, -0.05) is 36.4 Å². The fourth-order valence-corrected chi connectivity index (χ4v) is 5.11. The quantitative estimate of drug-likeness (QED) is 0.239. The molecule has 1 saturated heterocycles. The molecule has 8 heteroatoms. The Balaban J connectivity index is 1.37. The number of fused-ring (bicyclic) bond motifs is 2. The van der Waals surface area contributed by atoms with Crippen LogP contribution in [0.3, 0.4) is 0 Å². The molecule has 182 valence electrons. The van der Waals surface area contributed by atoms with Crippen molar-refractivity contribution >= 4 is 28.8 Å². The Kier molecular flexibility index (Phi) is 6.94. The number of hydrogen-bond acceptors (Lipinski definition) is 5. The smallest absolute Gasteiger partial charge is 0.267 e. The lowest BCUT2D eigenvalue weighted by molar-refractivity contribution is -0.137. The second kappa shape index (κ2) is 10.4. The first-order valence-corrected chi connectivity index (χ1v) is 12.0. The van der Waals surface area contributed by atoms with Crippen molar-refractivity contribution in [2.24, 2.45) is 0 Å². The summed E-state index contributed by atoms with van der Waals surface area (Å²) < 4.78 is 5.46. The highest BCUT2D eigenvalue weighted by Gasteiger charge is 2.31. The summed E-state index contributed by atoms with van der Waals surface area (Å²) in [5.74, 6) is -0.451. The van der Waals surface area contributed by atoms with E-state index in [2.05, 4.69) is 34.6 Å². The van der Waals surface area contributed by atoms with E-state index >= 15 is 0 Å². The number of hydrogen-bond donors (Lipinski definition) is 4. The van der Waals surface area contributed by atoms with Gasteiger partial charge in [-0.15, -0.1) is 0 Å². The number of morpholine rings is 1. The molecule has 2 heterocycles. The van der Waals surface area contributed by atoms with Gasteiger partial charge in [0.1, 0.15) is 0 Å². The summed E-state index contributed by atoms with van der Waals surface area (Å²) in [6, 6.07) is 14.0. The standard InChI is InChI=1S/C27H30N4O4/c32-26(30-34)10-6-18-5-8-22-19(15-18)7-9-24(22)29-25(27(33)31-11-13-35-14-12-31)16-20-17-28-23-4-2-1-3-21(20)23/h1-6,8,10,15,17,24-25,28-29,34H,7,9,11-14,16H2,(H,30,32)/b10-6+. The van der Waals surface area contributed by atoms with E-state index in [4.69, 9.17) is 9.94 Å². The van der Waals surface area contributed by atoms with Crippen LogP contribution in [0.5, 0.6) is 0 Å². The van der Waals surface area contributed by atoms with Crippen LogP contribution in [0, 0.1) is 0 Å². The SMILES string of the molecule is O=C(/C=C/c1ccc2c(c1)CCC2NC(Cc1c[nH]c2ccccc12)C(=O)N1CCOCC1)NO. The van der Waals surface area contributed by atoms with Gasteiger partial charge in [0.2, 0.25) is 5.91 Å². The highest BCUT2D eigenvalue weighted by atomic mass is 16.5. The van der Waals surface area contributed by atoms with Gasteiger partial charge in [-0.2, -0.15) is 0 Å². The minimum absolute atomic E-state index is 0.0731. The molecule has 2 unspecified atom stereocenters. The average Bonchev–Trinajstić information content (AvgIpc) is 3.50. The number of benzene rings is 2. The average molecular weight is 475 g/mol. The number of aromatic amines is 1. The number of H-pyrrole nitrogens is 1. The molecule has 2 aliphatic rings. The number of carbonyl (C=O) groups is 2. The van der Waals surface area contributed by atoms with E-state index in [1.165, 1.54) is 17.2 Å². The van der Waals surface area contributed by atoms with Gasteiger partial charge < -0.3 is 14.6 Å². The van der Waals surface area contributed by atoms with Gasteiger partial charge in [-0.05, 0) is 53.7 Å². The zero-order valence-corrected chi connectivity index (χ0v) is 19.5. The van der Waals surface area contributed by atoms with Crippen molar-refractivity contribution < 1.29 is 19.5 Å². The third-order valence-corrected chi connectivity index (χ3v) is 6.90. The number of aromatic nitrogens is 1. The van der Waals surface area contributed by atoms with Gasteiger partial charge in [0.25, 0.3) is 5.91 Å². The van der Waals surface area contributed by atoms with Crippen LogP contribution in [-0.4, -0.2) is 59.3 Å². The lowest BCUT2D eigenvalue weighted by Gasteiger charge is -2.32. The summed E-state index contributed by atoms with van der Waals surface area (Å²) in [5.41, 5.74) is 7.09. The second-order valence-electron chi connectivity index (χ2n) is 9.08. The van der Waals surface area contributed by atoms with Crippen LogP contribution in [-0.2, 0) is 27.2 Å². The van der Waals surface area contributed by atoms with Crippen LogP contribution in [0.15, 0.2) is 54.7 Å². The number of amides is 2. The van der Waals surface area contributed by atoms with Crippen molar-refractivity contribution in [1.82, 2.24) is 20.7 Å². The summed E-state index contributed by atoms with van der Waals surface area (Å²) in [5, 5.41) is 13.5. The molecule has 8 nitrogen and oxygen atoms in total. The van der Waals surface area contributed by atoms with Crippen molar-refractivity contribution in [3.05, 3.63) is 77.0 Å².